The van der Waals surface area contributed by atoms with E-state index in [2.05, 4.69) is 0 Å². The third-order valence-corrected chi connectivity index (χ3v) is 2.97. The van der Waals surface area contributed by atoms with Crippen LogP contribution in [0.15, 0.2) is 24.3 Å². The first kappa shape index (κ1) is 16.8. The minimum Gasteiger partial charge on any atom is -0.466 e. The highest BCUT2D eigenvalue weighted by Gasteiger charge is 2.11. The van der Waals surface area contributed by atoms with Gasteiger partial charge in [-0.2, -0.15) is 0 Å². The van der Waals surface area contributed by atoms with E-state index in [1.165, 1.54) is 18.2 Å². The first-order valence-electron chi connectivity index (χ1n) is 6.98. The third-order valence-electron chi connectivity index (χ3n) is 2.97. The molecule has 0 bridgehead atoms. The Hall–Kier alpha value is -2.24. The van der Waals surface area contributed by atoms with Gasteiger partial charge in [-0.1, -0.05) is 18.6 Å². The molecule has 21 heavy (non-hydrogen) atoms. The largest absolute Gasteiger partial charge is 0.466 e. The zero-order chi connectivity index (χ0) is 15.7. The summed E-state index contributed by atoms with van der Waals surface area (Å²) in [4.78, 5) is 33.1. The molecule has 1 aromatic rings. The lowest BCUT2D eigenvalue weighted by Crippen LogP contribution is -2.04. The van der Waals surface area contributed by atoms with E-state index in [-0.39, 0.29) is 17.4 Å². The van der Waals surface area contributed by atoms with Crippen LogP contribution in [0.5, 0.6) is 0 Å². The van der Waals surface area contributed by atoms with Crippen LogP contribution in [-0.2, 0) is 9.53 Å². The van der Waals surface area contributed by atoms with Crippen LogP contribution in [0.4, 0.5) is 5.69 Å². The van der Waals surface area contributed by atoms with E-state index >= 15 is 0 Å². The number of esters is 1. The number of ether oxygens (including phenoxy) is 1. The predicted octanol–water partition coefficient (Wildman–Crippen LogP) is 3.29. The van der Waals surface area contributed by atoms with Crippen molar-refractivity contribution in [1.82, 2.24) is 0 Å². The Balaban J connectivity index is 2.32. The summed E-state index contributed by atoms with van der Waals surface area (Å²) in [5, 5.41) is 10.6. The van der Waals surface area contributed by atoms with E-state index < -0.39 is 4.92 Å². The van der Waals surface area contributed by atoms with Gasteiger partial charge in [0.05, 0.1) is 11.5 Å². The number of nitro benzene ring substituents is 1. The summed E-state index contributed by atoms with van der Waals surface area (Å²) in [6, 6.07) is 5.73. The van der Waals surface area contributed by atoms with Gasteiger partial charge in [0, 0.05) is 30.5 Å². The smallest absolute Gasteiger partial charge is 0.305 e. The number of hydrogen-bond acceptors (Lipinski definition) is 5. The average molecular weight is 293 g/mol. The van der Waals surface area contributed by atoms with Gasteiger partial charge in [0.25, 0.3) is 5.69 Å². The summed E-state index contributed by atoms with van der Waals surface area (Å²) < 4.78 is 4.80. The number of rotatable bonds is 9. The highest BCUT2D eigenvalue weighted by Crippen LogP contribution is 2.16. The van der Waals surface area contributed by atoms with Gasteiger partial charge < -0.3 is 4.74 Å². The Morgan fingerprint density at radius 3 is 2.57 bits per heavy atom. The SMILES string of the molecule is CCOC(=O)CCCCCC(=O)c1cccc([N+](=O)[O-])c1. The van der Waals surface area contributed by atoms with Crippen LogP contribution in [0, 0.1) is 10.1 Å². The third kappa shape index (κ3) is 6.16. The zero-order valence-corrected chi connectivity index (χ0v) is 12.0. The first-order chi connectivity index (χ1) is 10.0. The minimum absolute atomic E-state index is 0.0804. The number of unbranched alkanes of at least 4 members (excludes halogenated alkanes) is 2. The van der Waals surface area contributed by atoms with Gasteiger partial charge in [0.2, 0.25) is 0 Å². The van der Waals surface area contributed by atoms with E-state index in [4.69, 9.17) is 4.74 Å². The normalized spacial score (nSPS) is 10.1. The van der Waals surface area contributed by atoms with Gasteiger partial charge in [0.15, 0.2) is 5.78 Å². The van der Waals surface area contributed by atoms with Crippen LogP contribution in [0.1, 0.15) is 49.4 Å². The van der Waals surface area contributed by atoms with Crippen LogP contribution in [-0.4, -0.2) is 23.3 Å². The van der Waals surface area contributed by atoms with Crippen molar-refractivity contribution in [3.05, 3.63) is 39.9 Å². The van der Waals surface area contributed by atoms with Crippen molar-refractivity contribution in [1.29, 1.82) is 0 Å². The zero-order valence-electron chi connectivity index (χ0n) is 12.0. The van der Waals surface area contributed by atoms with Crippen molar-refractivity contribution < 1.29 is 19.2 Å². The van der Waals surface area contributed by atoms with Crippen LogP contribution in [0.2, 0.25) is 0 Å². The number of hydrogen-bond donors (Lipinski definition) is 0. The molecule has 0 atom stereocenters. The fourth-order valence-electron chi connectivity index (χ4n) is 1.90. The van der Waals surface area contributed by atoms with E-state index in [1.807, 2.05) is 0 Å². The van der Waals surface area contributed by atoms with Gasteiger partial charge in [-0.15, -0.1) is 0 Å². The predicted molar refractivity (Wildman–Crippen MR) is 77.1 cm³/mol. The minimum atomic E-state index is -0.518. The lowest BCUT2D eigenvalue weighted by Gasteiger charge is -2.02. The number of carbonyl (C=O) groups is 2. The molecular formula is C15H19NO5. The van der Waals surface area contributed by atoms with E-state index in [9.17, 15) is 19.7 Å². The molecule has 0 spiro atoms. The van der Waals surface area contributed by atoms with E-state index in [0.717, 1.165) is 6.42 Å². The molecule has 0 saturated heterocycles. The number of nitro groups is 1. The maximum Gasteiger partial charge on any atom is 0.305 e. The maximum absolute atomic E-state index is 11.9. The molecule has 0 aliphatic heterocycles. The quantitative estimate of drug-likeness (QED) is 0.229. The molecule has 0 heterocycles. The van der Waals surface area contributed by atoms with Crippen molar-refractivity contribution in [2.24, 2.45) is 0 Å². The molecule has 0 unspecified atom stereocenters. The Morgan fingerprint density at radius 2 is 1.90 bits per heavy atom. The molecule has 0 amide bonds. The Labute approximate surface area is 123 Å². The van der Waals surface area contributed by atoms with Crippen LogP contribution >= 0.6 is 0 Å². The molecule has 6 nitrogen and oxygen atoms in total. The average Bonchev–Trinajstić information content (AvgIpc) is 2.47. The second kappa shape index (κ2) is 8.84. The fraction of sp³-hybridized carbons (Fsp3) is 0.467. The molecule has 114 valence electrons. The molecule has 0 N–H and O–H groups in total. The number of non-ortho nitro benzene ring substituents is 1. The summed E-state index contributed by atoms with van der Waals surface area (Å²) in [5.74, 6) is -0.336. The van der Waals surface area contributed by atoms with Crippen molar-refractivity contribution in [3.63, 3.8) is 0 Å². The Kier molecular flexibility index (Phi) is 7.08. The maximum atomic E-state index is 11.9. The molecule has 6 heteroatoms. The van der Waals surface area contributed by atoms with Gasteiger partial charge >= 0.3 is 5.97 Å². The van der Waals surface area contributed by atoms with Gasteiger partial charge in [-0.3, -0.25) is 19.7 Å². The van der Waals surface area contributed by atoms with Crippen molar-refractivity contribution in [2.45, 2.75) is 39.0 Å². The molecule has 0 radical (unpaired) electrons. The van der Waals surface area contributed by atoms with Crippen molar-refractivity contribution in [3.8, 4) is 0 Å². The second-order valence-corrected chi connectivity index (χ2v) is 4.60. The topological polar surface area (TPSA) is 86.5 Å². The Morgan fingerprint density at radius 1 is 1.19 bits per heavy atom. The summed E-state index contributed by atoms with van der Waals surface area (Å²) in [6.45, 7) is 2.14. The van der Waals surface area contributed by atoms with Gasteiger partial charge in [-0.25, -0.2) is 0 Å². The van der Waals surface area contributed by atoms with E-state index in [0.29, 0.717) is 37.9 Å². The van der Waals surface area contributed by atoms with E-state index in [1.54, 1.807) is 13.0 Å². The summed E-state index contributed by atoms with van der Waals surface area (Å²) >= 11 is 0. The number of ketones is 1. The molecular weight excluding hydrogens is 274 g/mol. The van der Waals surface area contributed by atoms with Crippen LogP contribution in [0.3, 0.4) is 0 Å². The van der Waals surface area contributed by atoms with Crippen molar-refractivity contribution in [2.75, 3.05) is 6.61 Å². The fourth-order valence-corrected chi connectivity index (χ4v) is 1.90. The lowest BCUT2D eigenvalue weighted by atomic mass is 10.0. The van der Waals surface area contributed by atoms with Crippen LogP contribution in [0.25, 0.3) is 0 Å². The number of Topliss-reactive ketones (excluding diaryl/α,β-unsaturated/α-hetero) is 1. The number of benzene rings is 1. The number of nitrogens with zero attached hydrogens (tertiary/aromatic N) is 1. The summed E-state index contributed by atoms with van der Waals surface area (Å²) in [6.07, 6.45) is 2.77. The molecule has 1 rings (SSSR count). The first-order valence-corrected chi connectivity index (χ1v) is 6.98. The van der Waals surface area contributed by atoms with Crippen molar-refractivity contribution >= 4 is 17.4 Å². The number of carbonyl (C=O) groups excluding carboxylic acids is 2. The summed E-state index contributed by atoms with van der Waals surface area (Å²) in [5.41, 5.74) is 0.276. The molecule has 1 aromatic carbocycles. The van der Waals surface area contributed by atoms with Crippen LogP contribution < -0.4 is 0 Å². The highest BCUT2D eigenvalue weighted by atomic mass is 16.6. The standard InChI is InChI=1S/C15H19NO5/c1-2-21-15(18)10-5-3-4-9-14(17)12-7-6-8-13(11-12)16(19)20/h6-8,11H,2-5,9-10H2,1H3. The van der Waals surface area contributed by atoms with Gasteiger partial charge in [0.1, 0.15) is 0 Å². The van der Waals surface area contributed by atoms with Gasteiger partial charge in [-0.05, 0) is 19.8 Å². The molecule has 0 saturated carbocycles. The summed E-state index contributed by atoms with van der Waals surface area (Å²) in [7, 11) is 0. The highest BCUT2D eigenvalue weighted by molar-refractivity contribution is 5.96. The molecule has 0 aromatic heterocycles. The second-order valence-electron chi connectivity index (χ2n) is 4.60. The molecule has 0 fully saturated rings. The Bertz CT molecular complexity index is 513. The lowest BCUT2D eigenvalue weighted by molar-refractivity contribution is -0.384. The molecule has 0 aliphatic rings. The molecule has 0 aliphatic carbocycles. The monoisotopic (exact) mass is 293 g/mol.